The first-order valence-corrected chi connectivity index (χ1v) is 4.63. The third-order valence-electron chi connectivity index (χ3n) is 2.88. The van der Waals surface area contributed by atoms with Gasteiger partial charge in [-0.3, -0.25) is 4.79 Å². The lowest BCUT2D eigenvalue weighted by Gasteiger charge is -2.29. The largest absolute Gasteiger partial charge is 0.462 e. The summed E-state index contributed by atoms with van der Waals surface area (Å²) in [7, 11) is 0. The molecule has 0 amide bonds. The summed E-state index contributed by atoms with van der Waals surface area (Å²) in [6.45, 7) is 3.62. The van der Waals surface area contributed by atoms with E-state index >= 15 is 0 Å². The molecule has 0 N–H and O–H groups in total. The Morgan fingerprint density at radius 2 is 2.21 bits per heavy atom. The number of carbonyl (C=O) groups is 2. The van der Waals surface area contributed by atoms with Crippen LogP contribution >= 0.6 is 0 Å². The summed E-state index contributed by atoms with van der Waals surface area (Å²) in [4.78, 5) is 22.0. The maximum absolute atomic E-state index is 11.1. The van der Waals surface area contributed by atoms with Crippen molar-refractivity contribution in [2.24, 2.45) is 5.92 Å². The topological polar surface area (TPSA) is 52.6 Å². The van der Waals surface area contributed by atoms with Crippen LogP contribution in [0.25, 0.3) is 0 Å². The van der Waals surface area contributed by atoms with Gasteiger partial charge >= 0.3 is 11.9 Å². The molecule has 2 aliphatic heterocycles. The molecule has 0 saturated carbocycles. The second-order valence-corrected chi connectivity index (χ2v) is 3.94. The van der Waals surface area contributed by atoms with Crippen molar-refractivity contribution in [1.29, 1.82) is 0 Å². The van der Waals surface area contributed by atoms with Crippen LogP contribution in [-0.4, -0.2) is 23.6 Å². The lowest BCUT2D eigenvalue weighted by molar-refractivity contribution is -0.149. The second-order valence-electron chi connectivity index (χ2n) is 3.94. The van der Waals surface area contributed by atoms with Crippen LogP contribution in [0.2, 0.25) is 0 Å². The number of ether oxygens (including phenoxy) is 2. The molecule has 0 unspecified atom stereocenters. The molecule has 3 atom stereocenters. The Hall–Kier alpha value is -1.32. The third kappa shape index (κ3) is 1.31. The van der Waals surface area contributed by atoms with E-state index in [0.717, 1.165) is 0 Å². The van der Waals surface area contributed by atoms with Crippen molar-refractivity contribution in [3.05, 3.63) is 12.2 Å². The number of esters is 2. The molecule has 76 valence electrons. The van der Waals surface area contributed by atoms with E-state index in [1.807, 2.05) is 6.92 Å². The fourth-order valence-corrected chi connectivity index (χ4v) is 2.07. The highest BCUT2D eigenvalue weighted by molar-refractivity contribution is 5.85. The molecule has 0 aliphatic carbocycles. The standard InChI is InChI=1S/C10H12O4/c1-6-7(5-9(12)13-6)10(2)4-3-8(11)14-10/h3-4,6-7H,5H2,1-2H3/t6-,7-,10-/m0/s1. The summed E-state index contributed by atoms with van der Waals surface area (Å²) in [6, 6.07) is 0. The van der Waals surface area contributed by atoms with Crippen LogP contribution in [0.4, 0.5) is 0 Å². The van der Waals surface area contributed by atoms with Gasteiger partial charge in [0.2, 0.25) is 0 Å². The lowest BCUT2D eigenvalue weighted by Crippen LogP contribution is -2.37. The molecule has 0 spiro atoms. The molecule has 2 aliphatic rings. The van der Waals surface area contributed by atoms with Gasteiger partial charge in [0.25, 0.3) is 0 Å². The highest BCUT2D eigenvalue weighted by Gasteiger charge is 2.47. The van der Waals surface area contributed by atoms with E-state index in [4.69, 9.17) is 9.47 Å². The fourth-order valence-electron chi connectivity index (χ4n) is 2.07. The van der Waals surface area contributed by atoms with Gasteiger partial charge in [0.1, 0.15) is 11.7 Å². The number of hydrogen-bond donors (Lipinski definition) is 0. The summed E-state index contributed by atoms with van der Waals surface area (Å²) in [6.07, 6.45) is 3.23. The van der Waals surface area contributed by atoms with Gasteiger partial charge in [-0.1, -0.05) is 0 Å². The van der Waals surface area contributed by atoms with E-state index in [0.29, 0.717) is 6.42 Å². The van der Waals surface area contributed by atoms with Crippen molar-refractivity contribution in [1.82, 2.24) is 0 Å². The molecule has 4 heteroatoms. The molecule has 2 heterocycles. The molecular formula is C10H12O4. The van der Waals surface area contributed by atoms with Crippen LogP contribution < -0.4 is 0 Å². The molecule has 0 radical (unpaired) electrons. The minimum atomic E-state index is -0.678. The normalized spacial score (nSPS) is 41.3. The maximum Gasteiger partial charge on any atom is 0.331 e. The summed E-state index contributed by atoms with van der Waals surface area (Å²) >= 11 is 0. The van der Waals surface area contributed by atoms with E-state index in [1.54, 1.807) is 13.0 Å². The Labute approximate surface area is 81.9 Å². The fraction of sp³-hybridized carbons (Fsp3) is 0.600. The van der Waals surface area contributed by atoms with Gasteiger partial charge < -0.3 is 9.47 Å². The highest BCUT2D eigenvalue weighted by Crippen LogP contribution is 2.37. The second kappa shape index (κ2) is 2.83. The summed E-state index contributed by atoms with van der Waals surface area (Å²) in [5.41, 5.74) is -0.678. The van der Waals surface area contributed by atoms with Gasteiger partial charge in [-0.25, -0.2) is 4.79 Å². The van der Waals surface area contributed by atoms with Crippen LogP contribution in [0.1, 0.15) is 20.3 Å². The molecule has 0 aromatic rings. The summed E-state index contributed by atoms with van der Waals surface area (Å²) in [5, 5.41) is 0. The Kier molecular flexibility index (Phi) is 1.87. The van der Waals surface area contributed by atoms with Crippen molar-refractivity contribution in [3.63, 3.8) is 0 Å². The van der Waals surface area contributed by atoms with Crippen LogP contribution in [0.5, 0.6) is 0 Å². The zero-order valence-electron chi connectivity index (χ0n) is 8.15. The molecule has 1 saturated heterocycles. The van der Waals surface area contributed by atoms with Crippen molar-refractivity contribution in [2.75, 3.05) is 0 Å². The molecular weight excluding hydrogens is 184 g/mol. The molecule has 4 nitrogen and oxygen atoms in total. The predicted octanol–water partition coefficient (Wildman–Crippen LogP) is 0.810. The van der Waals surface area contributed by atoms with E-state index in [-0.39, 0.29) is 24.0 Å². The van der Waals surface area contributed by atoms with E-state index in [2.05, 4.69) is 0 Å². The lowest BCUT2D eigenvalue weighted by atomic mass is 9.84. The number of hydrogen-bond acceptors (Lipinski definition) is 4. The van der Waals surface area contributed by atoms with Gasteiger partial charge in [-0.05, 0) is 19.9 Å². The Balaban J connectivity index is 2.19. The molecule has 0 bridgehead atoms. The van der Waals surface area contributed by atoms with Crippen molar-refractivity contribution < 1.29 is 19.1 Å². The monoisotopic (exact) mass is 196 g/mol. The number of carbonyl (C=O) groups excluding carboxylic acids is 2. The van der Waals surface area contributed by atoms with E-state index in [9.17, 15) is 9.59 Å². The first-order valence-electron chi connectivity index (χ1n) is 4.63. The molecule has 0 aromatic heterocycles. The van der Waals surface area contributed by atoms with Gasteiger partial charge in [0.15, 0.2) is 0 Å². The van der Waals surface area contributed by atoms with Crippen LogP contribution in [0, 0.1) is 5.92 Å². The van der Waals surface area contributed by atoms with Gasteiger partial charge in [-0.2, -0.15) is 0 Å². The summed E-state index contributed by atoms with van der Waals surface area (Å²) < 4.78 is 10.2. The molecule has 0 aromatic carbocycles. The Morgan fingerprint density at radius 1 is 1.50 bits per heavy atom. The van der Waals surface area contributed by atoms with Gasteiger partial charge in [0.05, 0.1) is 6.42 Å². The number of rotatable bonds is 1. The smallest absolute Gasteiger partial charge is 0.331 e. The highest BCUT2D eigenvalue weighted by atomic mass is 16.6. The van der Waals surface area contributed by atoms with Gasteiger partial charge in [0, 0.05) is 12.0 Å². The number of cyclic esters (lactones) is 2. The summed E-state index contributed by atoms with van der Waals surface area (Å²) in [5.74, 6) is -0.642. The van der Waals surface area contributed by atoms with Crippen molar-refractivity contribution in [3.8, 4) is 0 Å². The third-order valence-corrected chi connectivity index (χ3v) is 2.88. The molecule has 1 fully saturated rings. The first kappa shape index (κ1) is 9.24. The van der Waals surface area contributed by atoms with Crippen molar-refractivity contribution in [2.45, 2.75) is 32.0 Å². The van der Waals surface area contributed by atoms with Gasteiger partial charge in [-0.15, -0.1) is 0 Å². The van der Waals surface area contributed by atoms with Crippen LogP contribution in [0.3, 0.4) is 0 Å². The Bertz CT molecular complexity index is 320. The van der Waals surface area contributed by atoms with E-state index in [1.165, 1.54) is 6.08 Å². The van der Waals surface area contributed by atoms with Crippen molar-refractivity contribution >= 4 is 11.9 Å². The molecule has 14 heavy (non-hydrogen) atoms. The average Bonchev–Trinajstić information content (AvgIpc) is 2.57. The molecule has 2 rings (SSSR count). The minimum Gasteiger partial charge on any atom is -0.462 e. The average molecular weight is 196 g/mol. The maximum atomic E-state index is 11.1. The van der Waals surface area contributed by atoms with E-state index < -0.39 is 5.60 Å². The Morgan fingerprint density at radius 3 is 2.64 bits per heavy atom. The zero-order chi connectivity index (χ0) is 10.3. The SMILES string of the molecule is C[C@@H]1OC(=O)C[C@@H]1[C@]1(C)C=CC(=O)O1. The van der Waals surface area contributed by atoms with Crippen LogP contribution in [0.15, 0.2) is 12.2 Å². The quantitative estimate of drug-likeness (QED) is 0.582. The predicted molar refractivity (Wildman–Crippen MR) is 47.3 cm³/mol. The first-order chi connectivity index (χ1) is 6.51. The minimum absolute atomic E-state index is 0.0716. The zero-order valence-corrected chi connectivity index (χ0v) is 8.15. The van der Waals surface area contributed by atoms with Crippen LogP contribution in [-0.2, 0) is 19.1 Å².